The van der Waals surface area contributed by atoms with Crippen LogP contribution in [0.1, 0.15) is 39.2 Å². The zero-order valence-electron chi connectivity index (χ0n) is 21.7. The Labute approximate surface area is 237 Å². The number of hydrogen-bond acceptors (Lipinski definition) is 5. The topological polar surface area (TPSA) is 88.3 Å². The number of likely N-dealkylation sites (tertiary alicyclic amines) is 1. The number of pyridine rings is 1. The van der Waals surface area contributed by atoms with E-state index in [0.717, 1.165) is 17.4 Å². The van der Waals surface area contributed by atoms with Crippen molar-refractivity contribution in [2.24, 2.45) is 0 Å². The Kier molecular flexibility index (Phi) is 8.07. The molecule has 3 heterocycles. The molecule has 1 saturated heterocycles. The molecule has 2 amide bonds. The number of nitrogens with one attached hydrogen (secondary N) is 1. The van der Waals surface area contributed by atoms with Gasteiger partial charge in [-0.1, -0.05) is 12.1 Å². The van der Waals surface area contributed by atoms with Crippen LogP contribution in [0.3, 0.4) is 0 Å². The largest absolute Gasteiger partial charge is 0.417 e. The number of halogens is 4. The molecule has 41 heavy (non-hydrogen) atoms. The van der Waals surface area contributed by atoms with E-state index in [2.05, 4.69) is 10.3 Å². The van der Waals surface area contributed by atoms with Crippen LogP contribution >= 0.6 is 11.3 Å². The molecule has 0 aliphatic carbocycles. The number of thiophene rings is 1. The number of alkyl halides is 4. The number of nitrogens with two attached hydrogens (primary N) is 1. The fourth-order valence-corrected chi connectivity index (χ4v) is 5.74. The SMILES string of the molecule is Nc1ccc(/C=C/C(=O)NCc2cc3cc(-c4ccc(C(=O)N5CCC(F)CC5)cc4)cc(C(F)(F)F)c3s2)cn1. The Hall–Kier alpha value is -4.25. The molecule has 2 aromatic carbocycles. The number of nitrogens with zero attached hydrogens (tertiary/aromatic N) is 2. The summed E-state index contributed by atoms with van der Waals surface area (Å²) < 4.78 is 55.7. The maximum atomic E-state index is 14.1. The van der Waals surface area contributed by atoms with Gasteiger partial charge in [0.15, 0.2) is 0 Å². The highest BCUT2D eigenvalue weighted by Crippen LogP contribution is 2.41. The minimum absolute atomic E-state index is 0.0611. The first-order chi connectivity index (χ1) is 19.6. The Bertz CT molecular complexity index is 1590. The summed E-state index contributed by atoms with van der Waals surface area (Å²) in [6.07, 6.45) is -0.495. The number of anilines is 1. The zero-order valence-corrected chi connectivity index (χ0v) is 22.6. The van der Waals surface area contributed by atoms with Crippen LogP contribution in [0.4, 0.5) is 23.4 Å². The molecule has 1 aliphatic rings. The second-order valence-corrected chi connectivity index (χ2v) is 10.9. The van der Waals surface area contributed by atoms with Gasteiger partial charge in [0.25, 0.3) is 5.91 Å². The standard InChI is InChI=1S/C30H26F4N4O2S/c31-23-9-11-38(12-10-23)29(40)20-5-3-19(4-6-20)21-13-22-14-24(41-28(22)25(15-21)30(32,33)34)17-37-27(39)8-2-18-1-7-26(35)36-16-18/h1-8,13-16,23H,9-12,17H2,(H2,35,36)(H,37,39)/b8-2+. The van der Waals surface area contributed by atoms with Crippen molar-refractivity contribution in [1.82, 2.24) is 15.2 Å². The lowest BCUT2D eigenvalue weighted by Gasteiger charge is -2.28. The zero-order chi connectivity index (χ0) is 29.1. The summed E-state index contributed by atoms with van der Waals surface area (Å²) >= 11 is 0.975. The van der Waals surface area contributed by atoms with Gasteiger partial charge in [0.1, 0.15) is 12.0 Å². The van der Waals surface area contributed by atoms with Crippen molar-refractivity contribution in [3.63, 3.8) is 0 Å². The van der Waals surface area contributed by atoms with Gasteiger partial charge in [-0.25, -0.2) is 9.37 Å². The number of piperidine rings is 1. The predicted octanol–water partition coefficient (Wildman–Crippen LogP) is 6.47. The van der Waals surface area contributed by atoms with E-state index < -0.39 is 23.8 Å². The van der Waals surface area contributed by atoms with E-state index in [1.807, 2.05) is 0 Å². The van der Waals surface area contributed by atoms with Crippen LogP contribution in [0.5, 0.6) is 0 Å². The van der Waals surface area contributed by atoms with Gasteiger partial charge in [-0.05, 0) is 83.5 Å². The highest BCUT2D eigenvalue weighted by molar-refractivity contribution is 7.19. The van der Waals surface area contributed by atoms with E-state index in [4.69, 9.17) is 5.73 Å². The molecule has 1 aliphatic heterocycles. The molecule has 5 rings (SSSR count). The summed E-state index contributed by atoms with van der Waals surface area (Å²) in [5.41, 5.74) is 6.74. The van der Waals surface area contributed by atoms with Gasteiger partial charge in [0, 0.05) is 40.5 Å². The molecule has 1 fully saturated rings. The summed E-state index contributed by atoms with van der Waals surface area (Å²) in [5, 5.41) is 3.10. The number of rotatable bonds is 6. The summed E-state index contributed by atoms with van der Waals surface area (Å²) in [6.45, 7) is 0.737. The highest BCUT2D eigenvalue weighted by atomic mass is 32.1. The van der Waals surface area contributed by atoms with E-state index in [1.165, 1.54) is 12.3 Å². The highest BCUT2D eigenvalue weighted by Gasteiger charge is 2.34. The van der Waals surface area contributed by atoms with Crippen LogP contribution < -0.4 is 11.1 Å². The maximum absolute atomic E-state index is 14.1. The van der Waals surface area contributed by atoms with Crippen molar-refractivity contribution in [2.45, 2.75) is 31.7 Å². The van der Waals surface area contributed by atoms with Crippen LogP contribution in [0, 0.1) is 0 Å². The molecule has 0 unspecified atom stereocenters. The molecule has 212 valence electrons. The lowest BCUT2D eigenvalue weighted by atomic mass is 9.99. The van der Waals surface area contributed by atoms with Gasteiger partial charge >= 0.3 is 6.18 Å². The summed E-state index contributed by atoms with van der Waals surface area (Å²) in [6, 6.07) is 14.1. The second kappa shape index (κ2) is 11.7. The Morgan fingerprint density at radius 2 is 1.78 bits per heavy atom. The lowest BCUT2D eigenvalue weighted by molar-refractivity contribution is -0.136. The molecular formula is C30H26F4N4O2S. The predicted molar refractivity (Wildman–Crippen MR) is 152 cm³/mol. The van der Waals surface area contributed by atoms with E-state index in [1.54, 1.807) is 59.5 Å². The summed E-state index contributed by atoms with van der Waals surface area (Å²) in [4.78, 5) is 31.1. The molecule has 0 radical (unpaired) electrons. The maximum Gasteiger partial charge on any atom is 0.417 e. The number of benzene rings is 2. The molecule has 0 saturated carbocycles. The smallest absolute Gasteiger partial charge is 0.384 e. The van der Waals surface area contributed by atoms with Crippen molar-refractivity contribution >= 4 is 45.1 Å². The fourth-order valence-electron chi connectivity index (χ4n) is 4.63. The Morgan fingerprint density at radius 3 is 2.44 bits per heavy atom. The van der Waals surface area contributed by atoms with Crippen molar-refractivity contribution in [1.29, 1.82) is 0 Å². The Morgan fingerprint density at radius 1 is 1.05 bits per heavy atom. The molecule has 2 aromatic heterocycles. The van der Waals surface area contributed by atoms with Gasteiger partial charge in [0.2, 0.25) is 5.91 Å². The molecule has 0 atom stereocenters. The molecular weight excluding hydrogens is 556 g/mol. The van der Waals surface area contributed by atoms with E-state index in [9.17, 15) is 27.2 Å². The van der Waals surface area contributed by atoms with Crippen LogP contribution in [0.15, 0.2) is 66.9 Å². The molecule has 3 N–H and O–H groups in total. The summed E-state index contributed by atoms with van der Waals surface area (Å²) in [5.74, 6) is -0.268. The van der Waals surface area contributed by atoms with Gasteiger partial charge in [-0.2, -0.15) is 13.2 Å². The summed E-state index contributed by atoms with van der Waals surface area (Å²) in [7, 11) is 0. The van der Waals surface area contributed by atoms with Crippen molar-refractivity contribution in [3.8, 4) is 11.1 Å². The normalized spacial score (nSPS) is 14.6. The average molecular weight is 583 g/mol. The molecule has 4 aromatic rings. The molecule has 0 bridgehead atoms. The van der Waals surface area contributed by atoms with Crippen LogP contribution in [0.2, 0.25) is 0 Å². The number of nitrogen functional groups attached to an aromatic ring is 1. The van der Waals surface area contributed by atoms with Crippen LogP contribution in [-0.4, -0.2) is 41.0 Å². The number of aromatic nitrogens is 1. The third-order valence-corrected chi connectivity index (χ3v) is 8.01. The number of carbonyl (C=O) groups is 2. The van der Waals surface area contributed by atoms with E-state index >= 15 is 0 Å². The molecule has 11 heteroatoms. The first kappa shape index (κ1) is 28.3. The third-order valence-electron chi connectivity index (χ3n) is 6.82. The van der Waals surface area contributed by atoms with Crippen molar-refractivity contribution < 1.29 is 27.2 Å². The van der Waals surface area contributed by atoms with E-state index in [-0.39, 0.29) is 17.2 Å². The van der Waals surface area contributed by atoms with Crippen LogP contribution in [0.25, 0.3) is 27.3 Å². The monoisotopic (exact) mass is 582 g/mol. The minimum atomic E-state index is -4.59. The van der Waals surface area contributed by atoms with Gasteiger partial charge in [-0.3, -0.25) is 9.59 Å². The minimum Gasteiger partial charge on any atom is -0.384 e. The van der Waals surface area contributed by atoms with Crippen molar-refractivity contribution in [2.75, 3.05) is 18.8 Å². The lowest BCUT2D eigenvalue weighted by Crippen LogP contribution is -2.39. The number of hydrogen-bond donors (Lipinski definition) is 2. The second-order valence-electron chi connectivity index (χ2n) is 9.76. The van der Waals surface area contributed by atoms with Gasteiger partial charge in [0.05, 0.1) is 12.1 Å². The van der Waals surface area contributed by atoms with Crippen LogP contribution in [-0.2, 0) is 17.5 Å². The number of amides is 2. The number of fused-ring (bicyclic) bond motifs is 1. The molecule has 6 nitrogen and oxygen atoms in total. The fraction of sp³-hybridized carbons (Fsp3) is 0.233. The van der Waals surface area contributed by atoms with Gasteiger partial charge in [-0.15, -0.1) is 11.3 Å². The Balaban J connectivity index is 1.34. The first-order valence-corrected chi connectivity index (χ1v) is 13.7. The third kappa shape index (κ3) is 6.74. The number of carbonyl (C=O) groups excluding carboxylic acids is 2. The van der Waals surface area contributed by atoms with E-state index in [0.29, 0.717) is 64.3 Å². The average Bonchev–Trinajstić information content (AvgIpc) is 3.38. The van der Waals surface area contributed by atoms with Gasteiger partial charge < -0.3 is 16.0 Å². The quantitative estimate of drug-likeness (QED) is 0.202. The van der Waals surface area contributed by atoms with Crippen molar-refractivity contribution in [3.05, 3.63) is 88.4 Å². The first-order valence-electron chi connectivity index (χ1n) is 12.9. The molecule has 0 spiro atoms.